The minimum absolute atomic E-state index is 0.113. The number of aryl methyl sites for hydroxylation is 1. The molecule has 1 aromatic heterocycles. The molecular formula is C24H26ClN3O3S. The number of rotatable bonds is 8. The molecule has 32 heavy (non-hydrogen) atoms. The van der Waals surface area contributed by atoms with Crippen LogP contribution in [0, 0.1) is 6.92 Å². The number of amides is 1. The van der Waals surface area contributed by atoms with E-state index in [-0.39, 0.29) is 12.7 Å². The van der Waals surface area contributed by atoms with Gasteiger partial charge >= 0.3 is 0 Å². The van der Waals surface area contributed by atoms with Gasteiger partial charge in [0.1, 0.15) is 0 Å². The summed E-state index contributed by atoms with van der Waals surface area (Å²) in [7, 11) is 0. The van der Waals surface area contributed by atoms with Crippen LogP contribution in [-0.2, 0) is 4.79 Å². The van der Waals surface area contributed by atoms with Gasteiger partial charge in [-0.3, -0.25) is 9.69 Å². The van der Waals surface area contributed by atoms with Gasteiger partial charge in [-0.15, -0.1) is 0 Å². The second-order valence-electron chi connectivity index (χ2n) is 7.48. The van der Waals surface area contributed by atoms with Crippen molar-refractivity contribution >= 4 is 50.3 Å². The number of carbonyl (C=O) groups is 1. The average molecular weight is 472 g/mol. The summed E-state index contributed by atoms with van der Waals surface area (Å²) in [5.41, 5.74) is 2.65. The van der Waals surface area contributed by atoms with Crippen LogP contribution >= 0.6 is 22.9 Å². The van der Waals surface area contributed by atoms with Crippen molar-refractivity contribution in [2.45, 2.75) is 20.8 Å². The first-order valence-electron chi connectivity index (χ1n) is 10.7. The quantitative estimate of drug-likeness (QED) is 0.413. The van der Waals surface area contributed by atoms with Crippen molar-refractivity contribution in [1.82, 2.24) is 9.88 Å². The summed E-state index contributed by atoms with van der Waals surface area (Å²) < 4.78 is 11.8. The molecule has 3 aromatic rings. The van der Waals surface area contributed by atoms with Gasteiger partial charge in [0.15, 0.2) is 16.6 Å². The molecule has 2 aromatic carbocycles. The third kappa shape index (κ3) is 4.75. The van der Waals surface area contributed by atoms with E-state index < -0.39 is 0 Å². The fourth-order valence-corrected chi connectivity index (χ4v) is 4.77. The van der Waals surface area contributed by atoms with Gasteiger partial charge < -0.3 is 14.4 Å². The number of ether oxygens (including phenoxy) is 2. The van der Waals surface area contributed by atoms with E-state index >= 15 is 0 Å². The van der Waals surface area contributed by atoms with E-state index in [0.717, 1.165) is 46.7 Å². The zero-order valence-electron chi connectivity index (χ0n) is 18.4. The zero-order chi connectivity index (χ0) is 22.7. The van der Waals surface area contributed by atoms with Crippen LogP contribution in [0.15, 0.2) is 36.4 Å². The molecule has 0 spiro atoms. The monoisotopic (exact) mass is 471 g/mol. The Balaban J connectivity index is 1.61. The number of fused-ring (bicyclic) bond motifs is 2. The maximum atomic E-state index is 13.3. The topological polar surface area (TPSA) is 54.9 Å². The third-order valence-electron chi connectivity index (χ3n) is 5.58. The predicted molar refractivity (Wildman–Crippen MR) is 131 cm³/mol. The van der Waals surface area contributed by atoms with Gasteiger partial charge in [0.25, 0.3) is 5.91 Å². The molecule has 0 saturated heterocycles. The number of benzene rings is 2. The Morgan fingerprint density at radius 2 is 1.94 bits per heavy atom. The Labute approximate surface area is 197 Å². The van der Waals surface area contributed by atoms with Crippen molar-refractivity contribution in [2.75, 3.05) is 37.9 Å². The molecule has 2 heterocycles. The number of anilines is 1. The Morgan fingerprint density at radius 1 is 1.16 bits per heavy atom. The van der Waals surface area contributed by atoms with Crippen LogP contribution < -0.4 is 14.4 Å². The first-order valence-corrected chi connectivity index (χ1v) is 11.9. The Kier molecular flexibility index (Phi) is 6.98. The summed E-state index contributed by atoms with van der Waals surface area (Å²) in [6, 6.07) is 9.46. The van der Waals surface area contributed by atoms with Crippen LogP contribution in [0.1, 0.15) is 25.0 Å². The van der Waals surface area contributed by atoms with Crippen molar-refractivity contribution in [3.63, 3.8) is 0 Å². The number of thiazole rings is 1. The molecule has 6 nitrogen and oxygen atoms in total. The molecule has 8 heteroatoms. The number of halogens is 1. The van der Waals surface area contributed by atoms with Crippen molar-refractivity contribution in [2.24, 2.45) is 0 Å². The molecule has 1 aliphatic heterocycles. The average Bonchev–Trinajstić information content (AvgIpc) is 3.44. The highest BCUT2D eigenvalue weighted by atomic mass is 35.5. The third-order valence-corrected chi connectivity index (χ3v) is 7.04. The Bertz CT molecular complexity index is 1160. The maximum Gasteiger partial charge on any atom is 0.252 e. The van der Waals surface area contributed by atoms with E-state index in [9.17, 15) is 4.79 Å². The number of likely N-dealkylation sites (N-methyl/N-ethyl adjacent to an activating group) is 1. The summed E-state index contributed by atoms with van der Waals surface area (Å²) >= 11 is 7.79. The smallest absolute Gasteiger partial charge is 0.252 e. The van der Waals surface area contributed by atoms with Gasteiger partial charge in [0.05, 0.1) is 10.2 Å². The highest BCUT2D eigenvalue weighted by molar-refractivity contribution is 7.22. The molecule has 0 atom stereocenters. The number of hydrogen-bond donors (Lipinski definition) is 0. The number of carbonyl (C=O) groups excluding carboxylic acids is 1. The molecule has 0 radical (unpaired) electrons. The van der Waals surface area contributed by atoms with Crippen molar-refractivity contribution in [3.8, 4) is 11.5 Å². The fourth-order valence-electron chi connectivity index (χ4n) is 3.56. The standard InChI is InChI=1S/C24H26ClN3O3S/c1-4-27(5-2)12-13-28(24-26-23-16(3)18(25)8-10-21(23)32-24)22(29)11-7-17-6-9-19-20(14-17)31-15-30-19/h6-11,14H,4-5,12-13,15H2,1-3H3/b11-7+. The lowest BCUT2D eigenvalue weighted by molar-refractivity contribution is -0.114. The summed E-state index contributed by atoms with van der Waals surface area (Å²) in [5, 5.41) is 1.36. The number of aromatic nitrogens is 1. The summed E-state index contributed by atoms with van der Waals surface area (Å²) in [5.74, 6) is 1.30. The molecule has 0 bridgehead atoms. The Morgan fingerprint density at radius 3 is 2.72 bits per heavy atom. The van der Waals surface area contributed by atoms with Crippen LogP contribution in [0.4, 0.5) is 5.13 Å². The molecule has 0 N–H and O–H groups in total. The van der Waals surface area contributed by atoms with Gasteiger partial charge in [-0.05, 0) is 61.5 Å². The van der Waals surface area contributed by atoms with Crippen LogP contribution in [-0.4, -0.2) is 48.8 Å². The summed E-state index contributed by atoms with van der Waals surface area (Å²) in [6.07, 6.45) is 3.38. The van der Waals surface area contributed by atoms with E-state index in [1.165, 1.54) is 11.3 Å². The molecule has 168 valence electrons. The van der Waals surface area contributed by atoms with E-state index in [1.807, 2.05) is 37.3 Å². The maximum absolute atomic E-state index is 13.3. The van der Waals surface area contributed by atoms with Crippen LogP contribution in [0.25, 0.3) is 16.3 Å². The van der Waals surface area contributed by atoms with E-state index in [2.05, 4.69) is 18.7 Å². The van der Waals surface area contributed by atoms with Crippen molar-refractivity contribution in [1.29, 1.82) is 0 Å². The second kappa shape index (κ2) is 9.90. The molecule has 0 aliphatic carbocycles. The first-order chi connectivity index (χ1) is 15.5. The summed E-state index contributed by atoms with van der Waals surface area (Å²) in [4.78, 5) is 22.1. The fraction of sp³-hybridized carbons (Fsp3) is 0.333. The molecule has 1 amide bonds. The predicted octanol–water partition coefficient (Wildman–Crippen LogP) is 5.38. The number of hydrogen-bond acceptors (Lipinski definition) is 6. The minimum Gasteiger partial charge on any atom is -0.454 e. The zero-order valence-corrected chi connectivity index (χ0v) is 20.0. The van der Waals surface area contributed by atoms with Crippen LogP contribution in [0.2, 0.25) is 5.02 Å². The van der Waals surface area contributed by atoms with Crippen LogP contribution in [0.3, 0.4) is 0 Å². The van der Waals surface area contributed by atoms with E-state index in [0.29, 0.717) is 22.4 Å². The van der Waals surface area contributed by atoms with Gasteiger partial charge in [-0.2, -0.15) is 0 Å². The largest absolute Gasteiger partial charge is 0.454 e. The lowest BCUT2D eigenvalue weighted by atomic mass is 10.2. The van der Waals surface area contributed by atoms with Gasteiger partial charge in [-0.25, -0.2) is 4.98 Å². The molecule has 4 rings (SSSR count). The second-order valence-corrected chi connectivity index (χ2v) is 8.89. The highest BCUT2D eigenvalue weighted by Gasteiger charge is 2.20. The molecule has 1 aliphatic rings. The normalized spacial score (nSPS) is 12.9. The van der Waals surface area contributed by atoms with Gasteiger partial charge in [0, 0.05) is 24.2 Å². The highest BCUT2D eigenvalue weighted by Crippen LogP contribution is 2.34. The molecule has 0 unspecified atom stereocenters. The summed E-state index contributed by atoms with van der Waals surface area (Å²) in [6.45, 7) is 9.61. The van der Waals surface area contributed by atoms with Crippen LogP contribution in [0.5, 0.6) is 11.5 Å². The SMILES string of the molecule is CCN(CC)CCN(C(=O)/C=C/c1ccc2c(c1)OCO2)c1nc2c(C)c(Cl)ccc2s1. The molecular weight excluding hydrogens is 446 g/mol. The van der Waals surface area contributed by atoms with Gasteiger partial charge in [-0.1, -0.05) is 42.9 Å². The molecule has 0 saturated carbocycles. The minimum atomic E-state index is -0.113. The van der Waals surface area contributed by atoms with Crippen molar-refractivity contribution in [3.05, 3.63) is 52.6 Å². The lowest BCUT2D eigenvalue weighted by Gasteiger charge is -2.23. The van der Waals surface area contributed by atoms with Gasteiger partial charge in [0.2, 0.25) is 6.79 Å². The Hall–Kier alpha value is -2.61. The first kappa shape index (κ1) is 22.6. The molecule has 0 fully saturated rings. The lowest BCUT2D eigenvalue weighted by Crippen LogP contribution is -2.38. The van der Waals surface area contributed by atoms with E-state index in [4.69, 9.17) is 26.1 Å². The van der Waals surface area contributed by atoms with Crippen molar-refractivity contribution < 1.29 is 14.3 Å². The number of nitrogens with zero attached hydrogens (tertiary/aromatic N) is 3. The van der Waals surface area contributed by atoms with E-state index in [1.54, 1.807) is 17.1 Å².